The normalized spacial score (nSPS) is 16.8. The highest BCUT2D eigenvalue weighted by atomic mass is 79.9. The van der Waals surface area contributed by atoms with Crippen molar-refractivity contribution in [2.24, 2.45) is 0 Å². The second-order valence-corrected chi connectivity index (χ2v) is 9.44. The fraction of sp³-hybridized carbons (Fsp3) is 0.200. The fourth-order valence-corrected chi connectivity index (χ4v) is 4.60. The quantitative estimate of drug-likeness (QED) is 0.643. The smallest absolute Gasteiger partial charge is 0.338 e. The van der Waals surface area contributed by atoms with Gasteiger partial charge in [0.15, 0.2) is 9.84 Å². The van der Waals surface area contributed by atoms with Crippen LogP contribution in [0.2, 0.25) is 0 Å². The first-order valence-electron chi connectivity index (χ1n) is 8.65. The number of halogens is 1. The molecule has 152 valence electrons. The van der Waals surface area contributed by atoms with Crippen LogP contribution in [-0.4, -0.2) is 33.3 Å². The van der Waals surface area contributed by atoms with Crippen LogP contribution in [0.4, 0.5) is 4.79 Å². The van der Waals surface area contributed by atoms with Gasteiger partial charge in [-0.05, 0) is 36.8 Å². The third-order valence-corrected chi connectivity index (χ3v) is 6.66. The topological polar surface area (TPSA) is 102 Å². The highest BCUT2D eigenvalue weighted by molar-refractivity contribution is 9.10. The van der Waals surface area contributed by atoms with Crippen molar-refractivity contribution in [2.45, 2.75) is 17.9 Å². The zero-order valence-electron chi connectivity index (χ0n) is 15.7. The number of urea groups is 1. The SMILES string of the molecule is COC(=O)C1=C(CS(=O)(=O)c2ccc(Br)cc2)NC(=O)N[C@H]1c1ccc(C)cc1. The van der Waals surface area contributed by atoms with Gasteiger partial charge in [0, 0.05) is 10.2 Å². The molecule has 1 aliphatic heterocycles. The molecule has 29 heavy (non-hydrogen) atoms. The van der Waals surface area contributed by atoms with Crippen LogP contribution >= 0.6 is 15.9 Å². The summed E-state index contributed by atoms with van der Waals surface area (Å²) in [4.78, 5) is 24.8. The number of hydrogen-bond acceptors (Lipinski definition) is 5. The number of carbonyl (C=O) groups excluding carboxylic acids is 2. The third-order valence-electron chi connectivity index (χ3n) is 4.48. The number of hydrogen-bond donors (Lipinski definition) is 2. The van der Waals surface area contributed by atoms with Crippen LogP contribution < -0.4 is 10.6 Å². The largest absolute Gasteiger partial charge is 0.466 e. The molecule has 0 radical (unpaired) electrons. The van der Waals surface area contributed by atoms with E-state index in [9.17, 15) is 18.0 Å². The second kappa shape index (κ2) is 8.38. The molecule has 0 fully saturated rings. The Hall–Kier alpha value is -2.65. The summed E-state index contributed by atoms with van der Waals surface area (Å²) in [5.74, 6) is -1.27. The summed E-state index contributed by atoms with van der Waals surface area (Å²) in [5.41, 5.74) is 1.70. The van der Waals surface area contributed by atoms with Crippen molar-refractivity contribution in [3.05, 3.63) is 75.4 Å². The minimum atomic E-state index is -3.82. The number of carbonyl (C=O) groups is 2. The Morgan fingerprint density at radius 1 is 1.10 bits per heavy atom. The molecular formula is C20H19BrN2O5S. The van der Waals surface area contributed by atoms with E-state index >= 15 is 0 Å². The highest BCUT2D eigenvalue weighted by Gasteiger charge is 2.35. The summed E-state index contributed by atoms with van der Waals surface area (Å²) in [6, 6.07) is 11.9. The van der Waals surface area contributed by atoms with E-state index in [2.05, 4.69) is 26.6 Å². The molecule has 1 atom stereocenters. The highest BCUT2D eigenvalue weighted by Crippen LogP contribution is 2.29. The molecule has 0 aromatic heterocycles. The van der Waals surface area contributed by atoms with E-state index in [0.29, 0.717) is 5.56 Å². The lowest BCUT2D eigenvalue weighted by Gasteiger charge is -2.29. The molecule has 9 heteroatoms. The minimum absolute atomic E-state index is 0.00547. The molecule has 0 spiro atoms. The van der Waals surface area contributed by atoms with Crippen molar-refractivity contribution < 1.29 is 22.7 Å². The number of aryl methyl sites for hydroxylation is 1. The van der Waals surface area contributed by atoms with Crippen LogP contribution in [0.3, 0.4) is 0 Å². The Bertz CT molecular complexity index is 1080. The monoisotopic (exact) mass is 478 g/mol. The van der Waals surface area contributed by atoms with Gasteiger partial charge in [-0.25, -0.2) is 18.0 Å². The Labute approximate surface area is 177 Å². The number of esters is 1. The maximum atomic E-state index is 12.9. The van der Waals surface area contributed by atoms with E-state index in [1.807, 2.05) is 19.1 Å². The number of benzene rings is 2. The summed E-state index contributed by atoms with van der Waals surface area (Å²) in [5, 5.41) is 5.14. The van der Waals surface area contributed by atoms with Gasteiger partial charge in [0.05, 0.1) is 29.4 Å². The Morgan fingerprint density at radius 2 is 1.72 bits per heavy atom. The van der Waals surface area contributed by atoms with Gasteiger partial charge < -0.3 is 15.4 Å². The van der Waals surface area contributed by atoms with Gasteiger partial charge in [0.1, 0.15) is 0 Å². The molecule has 2 aromatic carbocycles. The molecule has 0 aliphatic carbocycles. The standard InChI is InChI=1S/C20H19BrN2O5S/c1-12-3-5-13(6-4-12)18-17(19(24)28-2)16(22-20(25)23-18)11-29(26,27)15-9-7-14(21)8-10-15/h3-10,18H,11H2,1-2H3,(H2,22,23,25)/t18-/m0/s1. The third kappa shape index (κ3) is 4.68. The first-order chi connectivity index (χ1) is 13.7. The molecule has 1 aliphatic rings. The number of ether oxygens (including phenoxy) is 1. The van der Waals surface area contributed by atoms with Gasteiger partial charge in [-0.1, -0.05) is 45.8 Å². The van der Waals surface area contributed by atoms with Gasteiger partial charge in [0.2, 0.25) is 0 Å². The lowest BCUT2D eigenvalue weighted by Crippen LogP contribution is -2.47. The van der Waals surface area contributed by atoms with E-state index in [0.717, 1.165) is 10.0 Å². The first kappa shape index (κ1) is 21.1. The van der Waals surface area contributed by atoms with Crippen molar-refractivity contribution in [3.8, 4) is 0 Å². The molecule has 0 saturated heterocycles. The van der Waals surface area contributed by atoms with Crippen molar-refractivity contribution >= 4 is 37.8 Å². The maximum Gasteiger partial charge on any atom is 0.338 e. The van der Waals surface area contributed by atoms with Crippen molar-refractivity contribution in [2.75, 3.05) is 12.9 Å². The number of methoxy groups -OCH3 is 1. The molecule has 0 saturated carbocycles. The number of rotatable bonds is 5. The van der Waals surface area contributed by atoms with E-state index in [1.54, 1.807) is 24.3 Å². The van der Waals surface area contributed by atoms with E-state index in [1.165, 1.54) is 19.2 Å². The zero-order valence-corrected chi connectivity index (χ0v) is 18.1. The van der Waals surface area contributed by atoms with Crippen LogP contribution in [-0.2, 0) is 19.4 Å². The van der Waals surface area contributed by atoms with Crippen LogP contribution in [0.5, 0.6) is 0 Å². The lowest BCUT2D eigenvalue weighted by molar-refractivity contribution is -0.136. The van der Waals surface area contributed by atoms with E-state index in [-0.39, 0.29) is 16.2 Å². The Balaban J connectivity index is 2.08. The Morgan fingerprint density at radius 3 is 2.31 bits per heavy atom. The van der Waals surface area contributed by atoms with Crippen LogP contribution in [0, 0.1) is 6.92 Å². The minimum Gasteiger partial charge on any atom is -0.466 e. The number of amides is 2. The van der Waals surface area contributed by atoms with E-state index < -0.39 is 33.6 Å². The molecule has 7 nitrogen and oxygen atoms in total. The van der Waals surface area contributed by atoms with Gasteiger partial charge >= 0.3 is 12.0 Å². The first-order valence-corrected chi connectivity index (χ1v) is 11.1. The van der Waals surface area contributed by atoms with Crippen LogP contribution in [0.25, 0.3) is 0 Å². The van der Waals surface area contributed by atoms with Crippen LogP contribution in [0.15, 0.2) is 69.2 Å². The second-order valence-electron chi connectivity index (χ2n) is 6.54. The summed E-state index contributed by atoms with van der Waals surface area (Å²) in [6.07, 6.45) is 0. The van der Waals surface area contributed by atoms with Crippen molar-refractivity contribution in [1.29, 1.82) is 0 Å². The Kier molecular flexibility index (Phi) is 6.09. The summed E-state index contributed by atoms with van der Waals surface area (Å²) in [7, 11) is -2.61. The average Bonchev–Trinajstić information content (AvgIpc) is 2.67. The maximum absolute atomic E-state index is 12.9. The molecule has 2 amide bonds. The molecule has 3 rings (SSSR count). The predicted molar refractivity (Wildman–Crippen MR) is 111 cm³/mol. The van der Waals surface area contributed by atoms with Gasteiger partial charge in [-0.15, -0.1) is 0 Å². The van der Waals surface area contributed by atoms with Gasteiger partial charge in [-0.2, -0.15) is 0 Å². The van der Waals surface area contributed by atoms with Gasteiger partial charge in [-0.3, -0.25) is 0 Å². The molecule has 2 N–H and O–H groups in total. The van der Waals surface area contributed by atoms with Crippen molar-refractivity contribution in [1.82, 2.24) is 10.6 Å². The van der Waals surface area contributed by atoms with Crippen molar-refractivity contribution in [3.63, 3.8) is 0 Å². The predicted octanol–water partition coefficient (Wildman–Crippen LogP) is 3.01. The van der Waals surface area contributed by atoms with E-state index in [4.69, 9.17) is 4.74 Å². The lowest BCUT2D eigenvalue weighted by atomic mass is 9.95. The summed E-state index contributed by atoms with van der Waals surface area (Å²) >= 11 is 3.26. The number of nitrogens with one attached hydrogen (secondary N) is 2. The number of sulfone groups is 1. The molecule has 2 aromatic rings. The summed E-state index contributed by atoms with van der Waals surface area (Å²) in [6.45, 7) is 1.91. The molecular weight excluding hydrogens is 460 g/mol. The zero-order chi connectivity index (χ0) is 21.2. The molecule has 1 heterocycles. The van der Waals surface area contributed by atoms with Gasteiger partial charge in [0.25, 0.3) is 0 Å². The summed E-state index contributed by atoms with van der Waals surface area (Å²) < 4.78 is 31.4. The molecule has 0 unspecified atom stereocenters. The van der Waals surface area contributed by atoms with Crippen LogP contribution in [0.1, 0.15) is 17.2 Å². The average molecular weight is 479 g/mol. The fourth-order valence-electron chi connectivity index (χ4n) is 3.01. The molecule has 0 bridgehead atoms.